The van der Waals surface area contributed by atoms with Crippen LogP contribution in [0, 0.1) is 6.92 Å². The van der Waals surface area contributed by atoms with Gasteiger partial charge in [0, 0.05) is 23.3 Å². The molecule has 0 fully saturated rings. The van der Waals surface area contributed by atoms with Gasteiger partial charge in [-0.25, -0.2) is 9.97 Å². The lowest BCUT2D eigenvalue weighted by Gasteiger charge is -2.13. The number of rotatable bonds is 4. The van der Waals surface area contributed by atoms with E-state index in [4.69, 9.17) is 5.73 Å². The molecule has 0 saturated carbocycles. The molecule has 0 aliphatic carbocycles. The monoisotopic (exact) mass is 339 g/mol. The number of nitrogen functional groups attached to an aromatic ring is 1. The van der Waals surface area contributed by atoms with Crippen LogP contribution in [-0.4, -0.2) is 26.1 Å². The minimum atomic E-state index is -0.363. The van der Waals surface area contributed by atoms with Crippen LogP contribution in [0.1, 0.15) is 12.6 Å². The standard InChI is InChI=1S/C17H17N5OS/c1-10-9-15(18)22-17(20-10)24-11(2)16(23)21-14-7-3-6-13-12(14)5-4-8-19-13/h3-9,11H,1-2H3,(H,21,23)(H2,18,20,22). The lowest BCUT2D eigenvalue weighted by Crippen LogP contribution is -2.23. The number of hydrogen-bond acceptors (Lipinski definition) is 6. The van der Waals surface area contributed by atoms with Crippen molar-refractivity contribution in [2.75, 3.05) is 11.1 Å². The van der Waals surface area contributed by atoms with E-state index in [2.05, 4.69) is 20.3 Å². The van der Waals surface area contributed by atoms with Crippen LogP contribution in [0.4, 0.5) is 11.5 Å². The second kappa shape index (κ2) is 6.84. The number of benzene rings is 1. The maximum Gasteiger partial charge on any atom is 0.237 e. The van der Waals surface area contributed by atoms with Gasteiger partial charge in [-0.15, -0.1) is 0 Å². The molecule has 0 spiro atoms. The van der Waals surface area contributed by atoms with Gasteiger partial charge in [0.25, 0.3) is 0 Å². The fourth-order valence-corrected chi connectivity index (χ4v) is 3.11. The van der Waals surface area contributed by atoms with Gasteiger partial charge in [0.05, 0.1) is 16.5 Å². The number of amides is 1. The van der Waals surface area contributed by atoms with Gasteiger partial charge in [-0.05, 0) is 38.1 Å². The van der Waals surface area contributed by atoms with E-state index >= 15 is 0 Å². The molecule has 0 aliphatic heterocycles. The predicted octanol–water partition coefficient (Wildman–Crippen LogP) is 3.03. The lowest BCUT2D eigenvalue weighted by molar-refractivity contribution is -0.115. The van der Waals surface area contributed by atoms with E-state index in [1.807, 2.05) is 44.2 Å². The Morgan fingerprint density at radius 2 is 2.08 bits per heavy atom. The molecule has 2 heterocycles. The Bertz CT molecular complexity index is 874. The Hall–Kier alpha value is -2.67. The van der Waals surface area contributed by atoms with Gasteiger partial charge < -0.3 is 11.1 Å². The SMILES string of the molecule is Cc1cc(N)nc(SC(C)C(=O)Nc2cccc3ncccc23)n1. The first-order valence-corrected chi connectivity index (χ1v) is 8.33. The van der Waals surface area contributed by atoms with E-state index in [-0.39, 0.29) is 11.2 Å². The van der Waals surface area contributed by atoms with Crippen LogP contribution < -0.4 is 11.1 Å². The zero-order chi connectivity index (χ0) is 17.1. The number of fused-ring (bicyclic) bond motifs is 1. The van der Waals surface area contributed by atoms with E-state index in [0.717, 1.165) is 22.3 Å². The molecule has 3 aromatic rings. The van der Waals surface area contributed by atoms with E-state index in [1.165, 1.54) is 11.8 Å². The summed E-state index contributed by atoms with van der Waals surface area (Å²) in [6.07, 6.45) is 1.73. The highest BCUT2D eigenvalue weighted by Crippen LogP contribution is 2.25. The van der Waals surface area contributed by atoms with Gasteiger partial charge in [-0.3, -0.25) is 9.78 Å². The molecule has 0 radical (unpaired) electrons. The fraction of sp³-hybridized carbons (Fsp3) is 0.176. The Morgan fingerprint density at radius 3 is 2.88 bits per heavy atom. The molecule has 3 N–H and O–H groups in total. The molecule has 122 valence electrons. The smallest absolute Gasteiger partial charge is 0.237 e. The summed E-state index contributed by atoms with van der Waals surface area (Å²) in [5.41, 5.74) is 8.08. The highest BCUT2D eigenvalue weighted by molar-refractivity contribution is 8.00. The summed E-state index contributed by atoms with van der Waals surface area (Å²) < 4.78 is 0. The number of carbonyl (C=O) groups excluding carboxylic acids is 1. The molecule has 0 bridgehead atoms. The van der Waals surface area contributed by atoms with Gasteiger partial charge in [-0.2, -0.15) is 0 Å². The number of pyridine rings is 1. The molecule has 0 aliphatic rings. The fourth-order valence-electron chi connectivity index (χ4n) is 2.28. The first kappa shape index (κ1) is 16.2. The summed E-state index contributed by atoms with van der Waals surface area (Å²) in [6.45, 7) is 3.65. The van der Waals surface area contributed by atoms with Crippen LogP contribution in [-0.2, 0) is 4.79 Å². The third kappa shape index (κ3) is 3.62. The number of anilines is 2. The summed E-state index contributed by atoms with van der Waals surface area (Å²) in [7, 11) is 0. The number of aryl methyl sites for hydroxylation is 1. The molecular formula is C17H17N5OS. The second-order valence-corrected chi connectivity index (χ2v) is 6.65. The number of thioether (sulfide) groups is 1. The predicted molar refractivity (Wildman–Crippen MR) is 96.9 cm³/mol. The van der Waals surface area contributed by atoms with Crippen LogP contribution in [0.15, 0.2) is 47.8 Å². The average Bonchev–Trinajstić information content (AvgIpc) is 2.54. The van der Waals surface area contributed by atoms with Gasteiger partial charge >= 0.3 is 0 Å². The molecule has 24 heavy (non-hydrogen) atoms. The molecule has 7 heteroatoms. The van der Waals surface area contributed by atoms with Crippen molar-refractivity contribution in [2.24, 2.45) is 0 Å². The van der Waals surface area contributed by atoms with Crippen LogP contribution in [0.5, 0.6) is 0 Å². The molecule has 1 atom stereocenters. The second-order valence-electron chi connectivity index (χ2n) is 5.34. The van der Waals surface area contributed by atoms with E-state index in [0.29, 0.717) is 11.0 Å². The van der Waals surface area contributed by atoms with Gasteiger partial charge in [0.15, 0.2) is 5.16 Å². The third-order valence-corrected chi connectivity index (χ3v) is 4.37. The summed E-state index contributed by atoms with van der Waals surface area (Å²) in [5, 5.41) is 3.98. The maximum absolute atomic E-state index is 12.5. The zero-order valence-electron chi connectivity index (χ0n) is 13.4. The van der Waals surface area contributed by atoms with Crippen LogP contribution in [0.2, 0.25) is 0 Å². The van der Waals surface area contributed by atoms with Gasteiger partial charge in [0.2, 0.25) is 5.91 Å². The summed E-state index contributed by atoms with van der Waals surface area (Å²) in [6, 6.07) is 11.1. The third-order valence-electron chi connectivity index (χ3n) is 3.41. The first-order chi connectivity index (χ1) is 11.5. The van der Waals surface area contributed by atoms with Crippen LogP contribution >= 0.6 is 11.8 Å². The topological polar surface area (TPSA) is 93.8 Å². The quantitative estimate of drug-likeness (QED) is 0.560. The molecule has 3 rings (SSSR count). The molecule has 1 aromatic carbocycles. The highest BCUT2D eigenvalue weighted by atomic mass is 32.2. The van der Waals surface area contributed by atoms with Crippen molar-refractivity contribution in [3.05, 3.63) is 48.3 Å². The first-order valence-electron chi connectivity index (χ1n) is 7.45. The van der Waals surface area contributed by atoms with Crippen molar-refractivity contribution in [1.82, 2.24) is 15.0 Å². The molecular weight excluding hydrogens is 322 g/mol. The lowest BCUT2D eigenvalue weighted by atomic mass is 10.2. The van der Waals surface area contributed by atoms with Crippen molar-refractivity contribution in [2.45, 2.75) is 24.3 Å². The van der Waals surface area contributed by atoms with Crippen LogP contribution in [0.3, 0.4) is 0 Å². The van der Waals surface area contributed by atoms with Crippen molar-refractivity contribution in [3.63, 3.8) is 0 Å². The Morgan fingerprint density at radius 1 is 1.25 bits per heavy atom. The Kier molecular flexibility index (Phi) is 4.61. The molecule has 1 amide bonds. The molecule has 6 nitrogen and oxygen atoms in total. The minimum Gasteiger partial charge on any atom is -0.384 e. The number of nitrogens with one attached hydrogen (secondary N) is 1. The summed E-state index contributed by atoms with van der Waals surface area (Å²) in [5.74, 6) is 0.276. The largest absolute Gasteiger partial charge is 0.384 e. The minimum absolute atomic E-state index is 0.125. The van der Waals surface area contributed by atoms with E-state index < -0.39 is 0 Å². The number of hydrogen-bond donors (Lipinski definition) is 2. The van der Waals surface area contributed by atoms with Gasteiger partial charge in [0.1, 0.15) is 5.82 Å². The van der Waals surface area contributed by atoms with Crippen LogP contribution in [0.25, 0.3) is 10.9 Å². The number of nitrogens with two attached hydrogens (primary N) is 1. The maximum atomic E-state index is 12.5. The van der Waals surface area contributed by atoms with Crippen molar-refractivity contribution < 1.29 is 4.79 Å². The number of nitrogens with zero attached hydrogens (tertiary/aromatic N) is 3. The van der Waals surface area contributed by atoms with Crippen molar-refractivity contribution in [3.8, 4) is 0 Å². The summed E-state index contributed by atoms with van der Waals surface area (Å²) >= 11 is 1.27. The Balaban J connectivity index is 1.76. The van der Waals surface area contributed by atoms with Gasteiger partial charge in [-0.1, -0.05) is 17.8 Å². The average molecular weight is 339 g/mol. The number of carbonyl (C=O) groups is 1. The zero-order valence-corrected chi connectivity index (χ0v) is 14.2. The molecule has 0 saturated heterocycles. The molecule has 2 aromatic heterocycles. The van der Waals surface area contributed by atoms with E-state index in [1.54, 1.807) is 12.3 Å². The normalized spacial score (nSPS) is 12.1. The Labute approximate surface area is 143 Å². The number of aromatic nitrogens is 3. The van der Waals surface area contributed by atoms with Crippen molar-refractivity contribution in [1.29, 1.82) is 0 Å². The van der Waals surface area contributed by atoms with E-state index in [9.17, 15) is 4.79 Å². The van der Waals surface area contributed by atoms with Crippen molar-refractivity contribution >= 4 is 40.1 Å². The molecule has 1 unspecified atom stereocenters. The highest BCUT2D eigenvalue weighted by Gasteiger charge is 2.17. The summed E-state index contributed by atoms with van der Waals surface area (Å²) in [4.78, 5) is 25.2.